The number of rotatable bonds is 5. The van der Waals surface area contributed by atoms with Gasteiger partial charge < -0.3 is 5.32 Å². The highest BCUT2D eigenvalue weighted by Gasteiger charge is 2.21. The number of thiazole rings is 1. The molecule has 1 aliphatic carbocycles. The first kappa shape index (κ1) is 14.7. The van der Waals surface area contributed by atoms with E-state index in [2.05, 4.69) is 47.6 Å². The van der Waals surface area contributed by atoms with Gasteiger partial charge in [0.2, 0.25) is 0 Å². The molecule has 3 rings (SSSR count). The molecular weight excluding hydrogens is 276 g/mol. The summed E-state index contributed by atoms with van der Waals surface area (Å²) in [6.45, 7) is 3.15. The van der Waals surface area contributed by atoms with E-state index < -0.39 is 0 Å². The molecule has 2 aromatic rings. The van der Waals surface area contributed by atoms with Crippen LogP contribution in [0.15, 0.2) is 36.5 Å². The van der Waals surface area contributed by atoms with Crippen molar-refractivity contribution in [3.8, 4) is 0 Å². The minimum Gasteiger partial charge on any atom is -0.309 e. The summed E-state index contributed by atoms with van der Waals surface area (Å²) in [5.74, 6) is 0.763. The van der Waals surface area contributed by atoms with E-state index in [1.54, 1.807) is 0 Å². The van der Waals surface area contributed by atoms with Crippen molar-refractivity contribution in [3.63, 3.8) is 0 Å². The summed E-state index contributed by atoms with van der Waals surface area (Å²) in [4.78, 5) is 5.80. The third-order valence-corrected chi connectivity index (χ3v) is 5.61. The van der Waals surface area contributed by atoms with E-state index >= 15 is 0 Å². The van der Waals surface area contributed by atoms with Gasteiger partial charge in [-0.1, -0.05) is 37.3 Å². The van der Waals surface area contributed by atoms with Crippen LogP contribution in [0.2, 0.25) is 0 Å². The van der Waals surface area contributed by atoms with E-state index in [0.717, 1.165) is 18.9 Å². The highest BCUT2D eigenvalue weighted by Crippen LogP contribution is 2.32. The third-order valence-electron chi connectivity index (χ3n) is 4.47. The number of aryl methyl sites for hydroxylation is 1. The number of nitrogens with zero attached hydrogens (tertiary/aromatic N) is 1. The summed E-state index contributed by atoms with van der Waals surface area (Å²) in [7, 11) is 0. The van der Waals surface area contributed by atoms with Crippen LogP contribution in [0.1, 0.15) is 54.0 Å². The standard InChI is InChI=1S/C18H24N2S/c1-2-18-20-13-17(21-18)12-19-16-10-8-15(9-11-16)14-6-4-3-5-7-14/h3-7,13,15-16,19H,2,8-12H2,1H3. The average molecular weight is 300 g/mol. The molecule has 1 saturated carbocycles. The van der Waals surface area contributed by atoms with Crippen LogP contribution in [-0.2, 0) is 13.0 Å². The predicted molar refractivity (Wildman–Crippen MR) is 89.8 cm³/mol. The van der Waals surface area contributed by atoms with Gasteiger partial charge in [0.05, 0.1) is 5.01 Å². The Kier molecular flexibility index (Phi) is 5.04. The van der Waals surface area contributed by atoms with Crippen LogP contribution in [0.25, 0.3) is 0 Å². The molecule has 1 N–H and O–H groups in total. The monoisotopic (exact) mass is 300 g/mol. The molecule has 1 aromatic heterocycles. The summed E-state index contributed by atoms with van der Waals surface area (Å²) in [5.41, 5.74) is 1.52. The molecule has 0 saturated heterocycles. The highest BCUT2D eigenvalue weighted by atomic mass is 32.1. The lowest BCUT2D eigenvalue weighted by molar-refractivity contribution is 0.342. The van der Waals surface area contributed by atoms with Gasteiger partial charge in [0.1, 0.15) is 0 Å². The summed E-state index contributed by atoms with van der Waals surface area (Å²) in [6, 6.07) is 11.7. The topological polar surface area (TPSA) is 24.9 Å². The number of benzene rings is 1. The van der Waals surface area contributed by atoms with Gasteiger partial charge in [-0.2, -0.15) is 0 Å². The van der Waals surface area contributed by atoms with Crippen molar-refractivity contribution >= 4 is 11.3 Å². The van der Waals surface area contributed by atoms with E-state index in [4.69, 9.17) is 0 Å². The SMILES string of the molecule is CCc1ncc(CNC2CCC(c3ccccc3)CC2)s1. The first-order valence-electron chi connectivity index (χ1n) is 8.07. The Morgan fingerprint density at radius 1 is 1.14 bits per heavy atom. The van der Waals surface area contributed by atoms with Crippen molar-refractivity contribution in [2.75, 3.05) is 0 Å². The maximum absolute atomic E-state index is 4.43. The molecule has 0 amide bonds. The summed E-state index contributed by atoms with van der Waals surface area (Å²) in [6.07, 6.45) is 8.28. The predicted octanol–water partition coefficient (Wildman–Crippen LogP) is 4.52. The number of nitrogens with one attached hydrogen (secondary N) is 1. The Labute approximate surface area is 131 Å². The van der Waals surface area contributed by atoms with Crippen LogP contribution < -0.4 is 5.32 Å². The lowest BCUT2D eigenvalue weighted by atomic mass is 9.82. The largest absolute Gasteiger partial charge is 0.309 e. The van der Waals surface area contributed by atoms with Crippen molar-refractivity contribution in [2.24, 2.45) is 0 Å². The van der Waals surface area contributed by atoms with Crippen LogP contribution in [-0.4, -0.2) is 11.0 Å². The van der Waals surface area contributed by atoms with Crippen molar-refractivity contribution in [1.29, 1.82) is 0 Å². The molecule has 112 valence electrons. The molecule has 0 bridgehead atoms. The maximum Gasteiger partial charge on any atom is 0.0925 e. The molecule has 0 radical (unpaired) electrons. The molecule has 0 spiro atoms. The van der Waals surface area contributed by atoms with Gasteiger partial charge in [-0.25, -0.2) is 4.98 Å². The second kappa shape index (κ2) is 7.19. The molecular formula is C18H24N2S. The van der Waals surface area contributed by atoms with Crippen LogP contribution in [0, 0.1) is 0 Å². The van der Waals surface area contributed by atoms with Crippen LogP contribution in [0.3, 0.4) is 0 Å². The van der Waals surface area contributed by atoms with E-state index in [0.29, 0.717) is 6.04 Å². The zero-order valence-electron chi connectivity index (χ0n) is 12.7. The molecule has 1 aromatic carbocycles. The third kappa shape index (κ3) is 3.92. The zero-order chi connectivity index (χ0) is 14.5. The summed E-state index contributed by atoms with van der Waals surface area (Å²) in [5, 5.41) is 4.97. The normalized spacial score (nSPS) is 22.3. The zero-order valence-corrected chi connectivity index (χ0v) is 13.5. The van der Waals surface area contributed by atoms with Gasteiger partial charge in [0.25, 0.3) is 0 Å². The van der Waals surface area contributed by atoms with Crippen molar-refractivity contribution < 1.29 is 0 Å². The Bertz CT molecular complexity index is 541. The van der Waals surface area contributed by atoms with Gasteiger partial charge in [0, 0.05) is 23.7 Å². The first-order valence-corrected chi connectivity index (χ1v) is 8.88. The van der Waals surface area contributed by atoms with Crippen molar-refractivity contribution in [1.82, 2.24) is 10.3 Å². The van der Waals surface area contributed by atoms with E-state index in [-0.39, 0.29) is 0 Å². The van der Waals surface area contributed by atoms with Crippen LogP contribution in [0.5, 0.6) is 0 Å². The Morgan fingerprint density at radius 3 is 2.57 bits per heavy atom. The molecule has 0 unspecified atom stereocenters. The highest BCUT2D eigenvalue weighted by molar-refractivity contribution is 7.11. The molecule has 0 atom stereocenters. The molecule has 21 heavy (non-hydrogen) atoms. The fourth-order valence-electron chi connectivity index (χ4n) is 3.19. The first-order chi connectivity index (χ1) is 10.3. The Hall–Kier alpha value is -1.19. The number of hydrogen-bond donors (Lipinski definition) is 1. The molecule has 2 nitrogen and oxygen atoms in total. The van der Waals surface area contributed by atoms with Crippen molar-refractivity contribution in [2.45, 2.75) is 57.5 Å². The average Bonchev–Trinajstić information content (AvgIpc) is 3.02. The smallest absolute Gasteiger partial charge is 0.0925 e. The van der Waals surface area contributed by atoms with Gasteiger partial charge in [-0.05, 0) is 43.6 Å². The molecule has 3 heteroatoms. The quantitative estimate of drug-likeness (QED) is 0.878. The van der Waals surface area contributed by atoms with Gasteiger partial charge in [-0.15, -0.1) is 11.3 Å². The number of aromatic nitrogens is 1. The molecule has 1 fully saturated rings. The fraction of sp³-hybridized carbons (Fsp3) is 0.500. The van der Waals surface area contributed by atoms with Crippen LogP contribution >= 0.6 is 11.3 Å². The van der Waals surface area contributed by atoms with Gasteiger partial charge >= 0.3 is 0 Å². The molecule has 1 heterocycles. The van der Waals surface area contributed by atoms with Gasteiger partial charge in [-0.3, -0.25) is 0 Å². The Morgan fingerprint density at radius 2 is 1.90 bits per heavy atom. The Balaban J connectivity index is 1.45. The number of hydrogen-bond acceptors (Lipinski definition) is 3. The van der Waals surface area contributed by atoms with E-state index in [9.17, 15) is 0 Å². The fourth-order valence-corrected chi connectivity index (χ4v) is 4.01. The second-order valence-corrected chi connectivity index (χ2v) is 7.11. The van der Waals surface area contributed by atoms with E-state index in [1.807, 2.05) is 17.5 Å². The lowest BCUT2D eigenvalue weighted by Crippen LogP contribution is -2.32. The maximum atomic E-state index is 4.43. The minimum absolute atomic E-state index is 0.678. The summed E-state index contributed by atoms with van der Waals surface area (Å²) < 4.78 is 0. The minimum atomic E-state index is 0.678. The molecule has 1 aliphatic rings. The summed E-state index contributed by atoms with van der Waals surface area (Å²) >= 11 is 1.85. The van der Waals surface area contributed by atoms with Gasteiger partial charge in [0.15, 0.2) is 0 Å². The van der Waals surface area contributed by atoms with E-state index in [1.165, 1.54) is 41.1 Å². The van der Waals surface area contributed by atoms with Crippen LogP contribution in [0.4, 0.5) is 0 Å². The second-order valence-electron chi connectivity index (χ2n) is 5.91. The lowest BCUT2D eigenvalue weighted by Gasteiger charge is -2.29. The molecule has 0 aliphatic heterocycles. The van der Waals surface area contributed by atoms with Crippen molar-refractivity contribution in [3.05, 3.63) is 52.0 Å².